The zero-order valence-corrected chi connectivity index (χ0v) is 16.2. The van der Waals surface area contributed by atoms with E-state index in [1.807, 2.05) is 61.5 Å². The number of rotatable bonds is 7. The fraction of sp³-hybridized carbons (Fsp3) is 0.211. The van der Waals surface area contributed by atoms with Gasteiger partial charge in [-0.2, -0.15) is 0 Å². The third-order valence-electron chi connectivity index (χ3n) is 3.17. The number of hydrogen-bond donors (Lipinski definition) is 2. The van der Waals surface area contributed by atoms with Crippen molar-refractivity contribution in [2.75, 3.05) is 6.54 Å². The van der Waals surface area contributed by atoms with Crippen LogP contribution in [0.3, 0.4) is 0 Å². The summed E-state index contributed by atoms with van der Waals surface area (Å²) in [4.78, 5) is 4.29. The molecule has 128 valence electrons. The molecule has 24 heavy (non-hydrogen) atoms. The van der Waals surface area contributed by atoms with E-state index in [9.17, 15) is 0 Å². The van der Waals surface area contributed by atoms with Gasteiger partial charge in [-0.3, -0.25) is 0 Å². The lowest BCUT2D eigenvalue weighted by Crippen LogP contribution is -2.32. The molecule has 0 radical (unpaired) electrons. The summed E-state index contributed by atoms with van der Waals surface area (Å²) < 4.78 is 5.75. The van der Waals surface area contributed by atoms with Crippen molar-refractivity contribution in [1.82, 2.24) is 5.32 Å². The highest BCUT2D eigenvalue weighted by atomic mass is 127. The Labute approximate surface area is 160 Å². The molecular weight excluding hydrogens is 413 g/mol. The monoisotopic (exact) mass is 437 g/mol. The van der Waals surface area contributed by atoms with E-state index in [2.05, 4.69) is 16.9 Å². The summed E-state index contributed by atoms with van der Waals surface area (Å²) in [6.45, 7) is 7.49. The van der Waals surface area contributed by atoms with Crippen molar-refractivity contribution < 1.29 is 4.74 Å². The first-order valence-corrected chi connectivity index (χ1v) is 7.57. The van der Waals surface area contributed by atoms with Crippen LogP contribution in [0.4, 0.5) is 0 Å². The number of aliphatic imine (C=N–C) groups is 1. The van der Waals surface area contributed by atoms with E-state index in [1.165, 1.54) is 0 Å². The average Bonchev–Trinajstić information content (AvgIpc) is 2.58. The van der Waals surface area contributed by atoms with Gasteiger partial charge in [0.05, 0.1) is 6.54 Å². The minimum atomic E-state index is 0. The number of halogens is 1. The maximum Gasteiger partial charge on any atom is 0.189 e. The van der Waals surface area contributed by atoms with Gasteiger partial charge in [0.25, 0.3) is 0 Å². The van der Waals surface area contributed by atoms with E-state index in [0.29, 0.717) is 25.7 Å². The SMILES string of the molecule is C=C(C)CNC(N)=NCc1ccc(OCc2ccccc2)cc1.I. The van der Waals surface area contributed by atoms with Crippen LogP contribution in [0.15, 0.2) is 71.7 Å². The largest absolute Gasteiger partial charge is 0.489 e. The zero-order chi connectivity index (χ0) is 16.5. The second-order valence-corrected chi connectivity index (χ2v) is 5.43. The van der Waals surface area contributed by atoms with Crippen LogP contribution in [0.5, 0.6) is 5.75 Å². The van der Waals surface area contributed by atoms with Gasteiger partial charge in [-0.05, 0) is 30.2 Å². The molecule has 0 aromatic heterocycles. The van der Waals surface area contributed by atoms with Crippen LogP contribution in [0.1, 0.15) is 18.1 Å². The first-order valence-electron chi connectivity index (χ1n) is 7.57. The molecule has 0 amide bonds. The molecule has 0 aliphatic carbocycles. The van der Waals surface area contributed by atoms with Gasteiger partial charge in [0.15, 0.2) is 5.96 Å². The van der Waals surface area contributed by atoms with Crippen molar-refractivity contribution in [2.45, 2.75) is 20.1 Å². The molecule has 0 aliphatic rings. The third-order valence-corrected chi connectivity index (χ3v) is 3.17. The van der Waals surface area contributed by atoms with Crippen LogP contribution in [0, 0.1) is 0 Å². The highest BCUT2D eigenvalue weighted by molar-refractivity contribution is 14.0. The van der Waals surface area contributed by atoms with Crippen molar-refractivity contribution in [3.63, 3.8) is 0 Å². The number of guanidine groups is 1. The molecule has 2 rings (SSSR count). The molecule has 0 spiro atoms. The maximum atomic E-state index is 5.78. The molecule has 0 bridgehead atoms. The summed E-state index contributed by atoms with van der Waals surface area (Å²) in [6, 6.07) is 18.0. The molecule has 0 atom stereocenters. The number of nitrogens with one attached hydrogen (secondary N) is 1. The molecule has 2 aromatic rings. The molecule has 2 aromatic carbocycles. The molecule has 0 unspecified atom stereocenters. The second-order valence-electron chi connectivity index (χ2n) is 5.43. The van der Waals surface area contributed by atoms with Gasteiger partial charge in [-0.1, -0.05) is 54.6 Å². The standard InChI is InChI=1S/C19H23N3O.HI/c1-15(2)12-21-19(20)22-13-16-8-10-18(11-9-16)23-14-17-6-4-3-5-7-17;/h3-11H,1,12-14H2,2H3,(H3,20,21,22);1H. The number of benzene rings is 2. The molecular formula is C19H24IN3O. The van der Waals surface area contributed by atoms with Gasteiger partial charge >= 0.3 is 0 Å². The first kappa shape index (κ1) is 20.0. The summed E-state index contributed by atoms with van der Waals surface area (Å²) in [7, 11) is 0. The van der Waals surface area contributed by atoms with Gasteiger partial charge in [-0.15, -0.1) is 24.0 Å². The van der Waals surface area contributed by atoms with E-state index >= 15 is 0 Å². The third kappa shape index (κ3) is 7.50. The summed E-state index contributed by atoms with van der Waals surface area (Å²) in [5.41, 5.74) is 9.03. The summed E-state index contributed by atoms with van der Waals surface area (Å²) in [5, 5.41) is 3.01. The zero-order valence-electron chi connectivity index (χ0n) is 13.9. The van der Waals surface area contributed by atoms with Crippen molar-refractivity contribution in [2.24, 2.45) is 10.7 Å². The Morgan fingerprint density at radius 3 is 2.38 bits per heavy atom. The Morgan fingerprint density at radius 1 is 1.08 bits per heavy atom. The predicted molar refractivity (Wildman–Crippen MR) is 111 cm³/mol. The van der Waals surface area contributed by atoms with Crippen molar-refractivity contribution >= 4 is 29.9 Å². The number of ether oxygens (including phenoxy) is 1. The smallest absolute Gasteiger partial charge is 0.189 e. The molecule has 0 saturated carbocycles. The first-order chi connectivity index (χ1) is 11.1. The Morgan fingerprint density at radius 2 is 1.75 bits per heavy atom. The Kier molecular flexibility index (Phi) is 8.93. The molecule has 0 fully saturated rings. The lowest BCUT2D eigenvalue weighted by molar-refractivity contribution is 0.306. The van der Waals surface area contributed by atoms with Gasteiger partial charge in [0, 0.05) is 6.54 Å². The fourth-order valence-electron chi connectivity index (χ4n) is 1.91. The molecule has 0 heterocycles. The minimum Gasteiger partial charge on any atom is -0.489 e. The van der Waals surface area contributed by atoms with Crippen LogP contribution in [0.2, 0.25) is 0 Å². The predicted octanol–water partition coefficient (Wildman–Crippen LogP) is 3.86. The van der Waals surface area contributed by atoms with E-state index in [4.69, 9.17) is 10.5 Å². The van der Waals surface area contributed by atoms with Gasteiger partial charge in [0.2, 0.25) is 0 Å². The highest BCUT2D eigenvalue weighted by Crippen LogP contribution is 2.14. The Hall–Kier alpha value is -2.02. The summed E-state index contributed by atoms with van der Waals surface area (Å²) in [5.74, 6) is 1.27. The quantitative estimate of drug-likeness (QED) is 0.299. The number of nitrogens with two attached hydrogens (primary N) is 1. The highest BCUT2D eigenvalue weighted by Gasteiger charge is 1.97. The van der Waals surface area contributed by atoms with Crippen molar-refractivity contribution in [3.05, 3.63) is 77.9 Å². The Balaban J connectivity index is 0.00000288. The molecule has 0 aliphatic heterocycles. The number of nitrogens with zero attached hydrogens (tertiary/aromatic N) is 1. The maximum absolute atomic E-state index is 5.78. The van der Waals surface area contributed by atoms with Gasteiger partial charge < -0.3 is 15.8 Å². The molecule has 5 heteroatoms. The van der Waals surface area contributed by atoms with Crippen LogP contribution in [0.25, 0.3) is 0 Å². The lowest BCUT2D eigenvalue weighted by Gasteiger charge is -2.07. The minimum absolute atomic E-state index is 0. The van der Waals surface area contributed by atoms with Crippen LogP contribution in [-0.2, 0) is 13.2 Å². The second kappa shape index (κ2) is 10.7. The van der Waals surface area contributed by atoms with Gasteiger partial charge in [0.1, 0.15) is 12.4 Å². The fourth-order valence-corrected chi connectivity index (χ4v) is 1.91. The van der Waals surface area contributed by atoms with Crippen molar-refractivity contribution in [1.29, 1.82) is 0 Å². The summed E-state index contributed by atoms with van der Waals surface area (Å²) >= 11 is 0. The van der Waals surface area contributed by atoms with E-state index in [-0.39, 0.29) is 24.0 Å². The lowest BCUT2D eigenvalue weighted by atomic mass is 10.2. The van der Waals surface area contributed by atoms with Crippen LogP contribution in [-0.4, -0.2) is 12.5 Å². The van der Waals surface area contributed by atoms with Crippen LogP contribution >= 0.6 is 24.0 Å². The topological polar surface area (TPSA) is 59.6 Å². The molecule has 4 nitrogen and oxygen atoms in total. The molecule has 0 saturated heterocycles. The summed E-state index contributed by atoms with van der Waals surface area (Å²) in [6.07, 6.45) is 0. The van der Waals surface area contributed by atoms with E-state index < -0.39 is 0 Å². The van der Waals surface area contributed by atoms with Crippen molar-refractivity contribution in [3.8, 4) is 5.75 Å². The normalized spacial score (nSPS) is 10.6. The molecule has 3 N–H and O–H groups in total. The van der Waals surface area contributed by atoms with Gasteiger partial charge in [-0.25, -0.2) is 4.99 Å². The van der Waals surface area contributed by atoms with E-state index in [0.717, 1.165) is 22.4 Å². The van der Waals surface area contributed by atoms with Crippen LogP contribution < -0.4 is 15.8 Å². The van der Waals surface area contributed by atoms with E-state index in [1.54, 1.807) is 0 Å². The number of hydrogen-bond acceptors (Lipinski definition) is 2. The average molecular weight is 437 g/mol. The Bertz CT molecular complexity index is 654.